The number of carbonyl (C=O) groups excluding carboxylic acids is 14. The van der Waals surface area contributed by atoms with Gasteiger partial charge in [0, 0.05) is 0 Å². The summed E-state index contributed by atoms with van der Waals surface area (Å²) in [5, 5.41) is 115. The van der Waals surface area contributed by atoms with Crippen LogP contribution in [0.3, 0.4) is 0 Å². The van der Waals surface area contributed by atoms with Gasteiger partial charge in [-0.25, -0.2) is 33.6 Å². The number of carboxylic acids is 7. The Morgan fingerprint density at radius 1 is 0.255 bits per heavy atom. The Morgan fingerprint density at radius 3 is 0.314 bits per heavy atom. The van der Waals surface area contributed by atoms with Crippen LogP contribution >= 0.6 is 0 Å². The molecule has 0 fully saturated rings. The van der Waals surface area contributed by atoms with Gasteiger partial charge in [-0.05, 0) is 0 Å². The molecule has 0 saturated heterocycles. The van der Waals surface area contributed by atoms with E-state index in [4.69, 9.17) is 36.8 Å². The molecule has 0 amide bonds. The number of hydrogen-bond donors (Lipinski definition) is 7. The summed E-state index contributed by atoms with van der Waals surface area (Å²) in [7, 11) is 0. The van der Waals surface area contributed by atoms with Crippen molar-refractivity contribution < 1.29 is 196 Å². The van der Waals surface area contributed by atoms with Gasteiger partial charge in [-0.3, -0.25) is 34.2 Å². The minimum atomic E-state index is -2.07. The van der Waals surface area contributed by atoms with Gasteiger partial charge in [0.2, 0.25) is 0 Å². The van der Waals surface area contributed by atoms with E-state index in [0.29, 0.717) is 0 Å². The van der Waals surface area contributed by atoms with Gasteiger partial charge in [-0.15, -0.1) is 0 Å². The third-order valence-electron chi connectivity index (χ3n) is 1.75. The maximum atomic E-state index is 9.38. The van der Waals surface area contributed by atoms with Crippen molar-refractivity contribution >= 4 is 101 Å². The van der Waals surface area contributed by atoms with Crippen molar-refractivity contribution in [3.05, 3.63) is 0 Å². The van der Waals surface area contributed by atoms with E-state index >= 15 is 0 Å². The van der Waals surface area contributed by atoms with Gasteiger partial charge < -0.3 is 69.3 Å². The molecule has 0 atom stereocenters. The first-order valence-electron chi connectivity index (χ1n) is 8.74. The number of rotatable bonds is 0. The number of hydrogen-bond acceptors (Lipinski definition) is 35. The van der Waals surface area contributed by atoms with Crippen LogP contribution in [0.25, 0.3) is 0 Å². The number of aliphatic carboxylic acids is 7. The minimum absolute atomic E-state index is 0. The van der Waals surface area contributed by atoms with Gasteiger partial charge in [-0.1, -0.05) is 0 Å². The first-order valence-corrected chi connectivity index (χ1v) is 8.74. The molecule has 0 unspecified atom stereocenters. The smallest absolute Gasteiger partial charge is 0.539 e. The second-order valence-corrected chi connectivity index (χ2v) is 4.66. The maximum absolute atomic E-state index is 9.38. The zero-order valence-electron chi connectivity index (χ0n) is 22.6. The van der Waals surface area contributed by atoms with Crippen LogP contribution in [0.5, 0.6) is 0 Å². The topological polar surface area (TPSA) is 607 Å². The summed E-state index contributed by atoms with van der Waals surface area (Å²) in [6, 6.07) is 0. The fourth-order valence-electron chi connectivity index (χ4n) is 0.261. The van der Waals surface area contributed by atoms with Gasteiger partial charge in [0.1, 0.15) is 0 Å². The van der Waals surface area contributed by atoms with E-state index in [-0.39, 0.29) is 39.1 Å². The average Bonchev–Trinajstić information content (AvgIpc) is 3.06. The second kappa shape index (κ2) is 43.5. The zero-order valence-corrected chi connectivity index (χ0v) is 25.4. The monoisotopic (exact) mass is 810 g/mol. The summed E-state index contributed by atoms with van der Waals surface area (Å²) in [6.45, 7) is 0. The summed E-state index contributed by atoms with van der Waals surface area (Å²) in [4.78, 5) is 149. The molecule has 0 radical (unpaired) electrons. The summed E-state index contributed by atoms with van der Waals surface area (Å²) in [5.74, 6) is -27.0. The van der Waals surface area contributed by atoms with Crippen LogP contribution in [-0.4, -0.2) is 138 Å². The molecule has 0 aliphatic heterocycles. The van der Waals surface area contributed by atoms with Gasteiger partial charge in [0.15, 0.2) is 41.8 Å². The molecule has 0 heterocycles. The molecule has 0 aromatic carbocycles. The molecule has 37 heteroatoms. The van der Waals surface area contributed by atoms with Crippen molar-refractivity contribution in [2.45, 2.75) is 0 Å². The predicted molar refractivity (Wildman–Crippen MR) is 102 cm³/mol. The third kappa shape index (κ3) is 59.5. The van der Waals surface area contributed by atoms with E-state index in [9.17, 15) is 103 Å². The van der Waals surface area contributed by atoms with Crippen molar-refractivity contribution in [3.63, 3.8) is 0 Å². The third-order valence-corrected chi connectivity index (χ3v) is 1.75. The van der Waals surface area contributed by atoms with Gasteiger partial charge in [-0.2, -0.15) is 36.8 Å². The molecule has 35 nitrogen and oxygen atoms in total. The van der Waals surface area contributed by atoms with Crippen LogP contribution in [0.4, 0.5) is 0 Å². The molecule has 0 aromatic heterocycles. The van der Waals surface area contributed by atoms with Gasteiger partial charge in [0.25, 0.3) is 0 Å². The predicted octanol–water partition coefficient (Wildman–Crippen LogP) is -16.1. The fraction of sp³-hybridized carbons (Fsp3) is 0. The van der Waals surface area contributed by atoms with Crippen LogP contribution in [0.15, 0.2) is 0 Å². The Morgan fingerprint density at radius 2 is 0.314 bits per heavy atom. The van der Waals surface area contributed by atoms with Crippen molar-refractivity contribution in [1.29, 1.82) is 0 Å². The molecule has 51 heavy (non-hydrogen) atoms. The van der Waals surface area contributed by atoms with Crippen molar-refractivity contribution in [3.8, 4) is 0 Å². The molecular weight excluding hydrogens is 803 g/mol. The van der Waals surface area contributed by atoms with Crippen LogP contribution in [0.1, 0.15) is 0 Å². The molecule has 0 saturated carbocycles. The molecule has 0 bridgehead atoms. The summed E-state index contributed by atoms with van der Waals surface area (Å²) in [6.07, 6.45) is 0. The molecular formula is C14H7AlO35Ti. The largest absolute Gasteiger partial charge is 4.00 e. The van der Waals surface area contributed by atoms with E-state index in [0.717, 1.165) is 0 Å². The molecule has 280 valence electrons. The van der Waals surface area contributed by atoms with E-state index < -0.39 is 83.6 Å². The van der Waals surface area contributed by atoms with Crippen LogP contribution in [-0.2, 0) is 123 Å². The van der Waals surface area contributed by atoms with Crippen LogP contribution < -0.4 is 35.7 Å². The second-order valence-electron chi connectivity index (χ2n) is 4.66. The molecule has 0 aliphatic rings. The van der Waals surface area contributed by atoms with Crippen LogP contribution in [0, 0.1) is 0 Å². The Balaban J connectivity index is -0.0000000573. The molecule has 0 aromatic rings. The van der Waals surface area contributed by atoms with Crippen LogP contribution in [0.2, 0.25) is 0 Å². The maximum Gasteiger partial charge on any atom is 4.00 e. The van der Waals surface area contributed by atoms with Gasteiger partial charge >= 0.3 is 80.9 Å². The SMILES string of the molecule is O=C([O-])C(=O)OO.O=C([O-])C(=O)OO.O=C([O-])C(=O)OO.O=C([O-])C(=O)OO.O=C([O-])C(=O)OO.O=C([O-])C(=O)OO.O=C([O-])C(=O)OO.[Al+3].[Ti+4]. The summed E-state index contributed by atoms with van der Waals surface area (Å²) < 4.78 is 0. The molecule has 0 aliphatic carbocycles. The van der Waals surface area contributed by atoms with E-state index in [2.05, 4.69) is 34.2 Å². The number of carbonyl (C=O) groups is 14. The quantitative estimate of drug-likeness (QED) is 0.0392. The zero-order chi connectivity index (χ0) is 41.0. The van der Waals surface area contributed by atoms with Gasteiger partial charge in [0.05, 0.1) is 0 Å². The standard InChI is InChI=1S/7C2H2O5.Al.Ti/c7*3-1(4)2(5)7-6;;/h7*6H,(H,3,4);;/q;;;;;;;+3;+4/p-7. The normalized spacial score (nSPS) is 7.27. The van der Waals surface area contributed by atoms with Crippen molar-refractivity contribution in [1.82, 2.24) is 0 Å². The molecule has 7 N–H and O–H groups in total. The first-order chi connectivity index (χ1) is 22.3. The summed E-state index contributed by atoms with van der Waals surface area (Å²) in [5.41, 5.74) is 0. The Labute approximate surface area is 296 Å². The first kappa shape index (κ1) is 66.9. The van der Waals surface area contributed by atoms with E-state index in [1.165, 1.54) is 0 Å². The van der Waals surface area contributed by atoms with Crippen molar-refractivity contribution in [2.24, 2.45) is 0 Å². The molecule has 0 rings (SSSR count). The molecule has 0 spiro atoms. The number of carboxylic acid groups (broad SMARTS) is 7. The minimum Gasteiger partial charge on any atom is -0.539 e. The Bertz CT molecular complexity index is 929. The average molecular weight is 810 g/mol. The Kier molecular flexibility index (Phi) is 57.1. The van der Waals surface area contributed by atoms with E-state index in [1.54, 1.807) is 0 Å². The fourth-order valence-corrected chi connectivity index (χ4v) is 0.261. The summed E-state index contributed by atoms with van der Waals surface area (Å²) >= 11 is 0. The Hall–Kier alpha value is -6.45. The van der Waals surface area contributed by atoms with E-state index in [1.807, 2.05) is 0 Å². The van der Waals surface area contributed by atoms with Crippen molar-refractivity contribution in [2.75, 3.05) is 0 Å².